The van der Waals surface area contributed by atoms with Gasteiger partial charge in [-0.1, -0.05) is 38.3 Å². The van der Waals surface area contributed by atoms with Gasteiger partial charge in [0.1, 0.15) is 29.0 Å². The first kappa shape index (κ1) is 22.5. The van der Waals surface area contributed by atoms with E-state index in [0.29, 0.717) is 11.5 Å². The van der Waals surface area contributed by atoms with Crippen LogP contribution in [0.4, 0.5) is 8.78 Å². The van der Waals surface area contributed by atoms with E-state index in [-0.39, 0.29) is 5.75 Å². The Morgan fingerprint density at radius 2 is 1.69 bits per heavy atom. The average Bonchev–Trinajstić information content (AvgIpc) is 2.79. The Kier molecular flexibility index (Phi) is 6.89. The summed E-state index contributed by atoms with van der Waals surface area (Å²) >= 11 is 0. The summed E-state index contributed by atoms with van der Waals surface area (Å²) in [4.78, 5) is 12.4. The molecule has 0 saturated heterocycles. The summed E-state index contributed by atoms with van der Waals surface area (Å²) in [5.41, 5.74) is 0.876. The quantitative estimate of drug-likeness (QED) is 0.368. The van der Waals surface area contributed by atoms with Crippen LogP contribution in [0.3, 0.4) is 0 Å². The van der Waals surface area contributed by atoms with Crippen molar-refractivity contribution in [2.75, 3.05) is 0 Å². The lowest BCUT2D eigenvalue weighted by molar-refractivity contribution is 0.0734. The summed E-state index contributed by atoms with van der Waals surface area (Å²) in [5, 5.41) is 8.74. The Labute approximate surface area is 188 Å². The Bertz CT molecular complexity index is 988. The van der Waals surface area contributed by atoms with E-state index in [2.05, 4.69) is 6.92 Å². The van der Waals surface area contributed by atoms with E-state index in [1.54, 1.807) is 12.1 Å². The van der Waals surface area contributed by atoms with Gasteiger partial charge in [-0.3, -0.25) is 0 Å². The van der Waals surface area contributed by atoms with Crippen LogP contribution in [0.5, 0.6) is 5.75 Å². The van der Waals surface area contributed by atoms with Crippen LogP contribution < -0.4 is 4.74 Å². The maximum Gasteiger partial charge on any atom is 0.343 e. The van der Waals surface area contributed by atoms with Crippen molar-refractivity contribution in [3.8, 4) is 11.8 Å². The zero-order valence-electron chi connectivity index (χ0n) is 18.4. The van der Waals surface area contributed by atoms with Gasteiger partial charge in [0.15, 0.2) is 0 Å². The molecule has 2 aromatic rings. The molecule has 4 unspecified atom stereocenters. The second-order valence-corrected chi connectivity index (χ2v) is 9.38. The minimum atomic E-state index is -1.05. The van der Waals surface area contributed by atoms with Crippen LogP contribution in [0.25, 0.3) is 0 Å². The Hall–Kier alpha value is -2.74. The average molecular weight is 438 g/mol. The van der Waals surface area contributed by atoms with Crippen molar-refractivity contribution >= 4 is 5.97 Å². The van der Waals surface area contributed by atoms with Crippen LogP contribution in [-0.2, 0) is 0 Å². The molecule has 0 aromatic heterocycles. The Morgan fingerprint density at radius 1 is 1.03 bits per heavy atom. The molecule has 0 N–H and O–H groups in total. The summed E-state index contributed by atoms with van der Waals surface area (Å²) in [5.74, 6) is 0.0802. The molecule has 0 heterocycles. The van der Waals surface area contributed by atoms with E-state index in [1.807, 2.05) is 12.1 Å². The topological polar surface area (TPSA) is 50.1 Å². The minimum absolute atomic E-state index is 0.259. The number of carbonyl (C=O) groups excluding carboxylic acids is 1. The molecule has 0 bridgehead atoms. The van der Waals surface area contributed by atoms with E-state index >= 15 is 0 Å². The SMILES string of the molecule is CCCC1CCC2CC(c3ccc(C(=O)Oc4cc(F)c(C#N)c(F)c4)cc3)CCC2C1. The molecule has 5 heteroatoms. The number of rotatable bonds is 5. The predicted octanol–water partition coefficient (Wildman–Crippen LogP) is 7.16. The molecule has 0 spiro atoms. The van der Waals surface area contributed by atoms with Gasteiger partial charge in [0.2, 0.25) is 0 Å². The highest BCUT2D eigenvalue weighted by atomic mass is 19.1. The van der Waals surface area contributed by atoms with Gasteiger partial charge in [-0.15, -0.1) is 0 Å². The molecule has 2 fully saturated rings. The van der Waals surface area contributed by atoms with E-state index in [9.17, 15) is 13.6 Å². The van der Waals surface area contributed by atoms with Crippen molar-refractivity contribution in [2.45, 2.75) is 64.2 Å². The molecule has 2 aromatic carbocycles. The number of benzene rings is 2. The maximum atomic E-state index is 13.7. The maximum absolute atomic E-state index is 13.7. The summed E-state index contributed by atoms with van der Waals surface area (Å²) in [6, 6.07) is 10.5. The molecular formula is C27H29F2NO2. The smallest absolute Gasteiger partial charge is 0.343 e. The van der Waals surface area contributed by atoms with Crippen LogP contribution >= 0.6 is 0 Å². The summed E-state index contributed by atoms with van der Waals surface area (Å²) in [7, 11) is 0. The van der Waals surface area contributed by atoms with Crippen molar-refractivity contribution in [3.05, 3.63) is 64.7 Å². The largest absolute Gasteiger partial charge is 0.423 e. The van der Waals surface area contributed by atoms with Crippen molar-refractivity contribution in [1.82, 2.24) is 0 Å². The standard InChI is InChI=1S/C27H29F2NO2/c1-2-3-17-4-5-22-13-21(11-10-20(22)12-17)18-6-8-19(9-7-18)27(31)32-23-14-25(28)24(16-30)26(29)15-23/h6-9,14-15,17,20-22H,2-5,10-13H2,1H3. The van der Waals surface area contributed by atoms with Gasteiger partial charge in [-0.2, -0.15) is 5.26 Å². The van der Waals surface area contributed by atoms with Crippen molar-refractivity contribution in [3.63, 3.8) is 0 Å². The zero-order valence-corrected chi connectivity index (χ0v) is 18.4. The van der Waals surface area contributed by atoms with Crippen LogP contribution in [0.1, 0.15) is 85.7 Å². The van der Waals surface area contributed by atoms with E-state index < -0.39 is 23.2 Å². The van der Waals surface area contributed by atoms with Crippen molar-refractivity contribution in [2.24, 2.45) is 17.8 Å². The van der Waals surface area contributed by atoms with Gasteiger partial charge in [0, 0.05) is 12.1 Å². The van der Waals surface area contributed by atoms with Crippen LogP contribution in [0, 0.1) is 40.7 Å². The lowest BCUT2D eigenvalue weighted by atomic mass is 9.63. The molecule has 0 amide bonds. The summed E-state index contributed by atoms with van der Waals surface area (Å²) < 4.78 is 32.6. The fourth-order valence-electron chi connectivity index (χ4n) is 5.73. The molecule has 0 aliphatic heterocycles. The first-order valence-electron chi connectivity index (χ1n) is 11.7. The third-order valence-corrected chi connectivity index (χ3v) is 7.37. The second-order valence-electron chi connectivity index (χ2n) is 9.38. The zero-order chi connectivity index (χ0) is 22.7. The Morgan fingerprint density at radius 3 is 2.34 bits per heavy atom. The lowest BCUT2D eigenvalue weighted by Gasteiger charge is -2.42. The highest BCUT2D eigenvalue weighted by Gasteiger charge is 2.35. The third kappa shape index (κ3) is 4.85. The molecule has 4 atom stereocenters. The monoisotopic (exact) mass is 437 g/mol. The molecule has 4 rings (SSSR count). The lowest BCUT2D eigenvalue weighted by Crippen LogP contribution is -2.30. The van der Waals surface area contributed by atoms with Gasteiger partial charge in [-0.25, -0.2) is 13.6 Å². The van der Waals surface area contributed by atoms with Gasteiger partial charge >= 0.3 is 5.97 Å². The normalized spacial score (nSPS) is 24.9. The summed E-state index contributed by atoms with van der Waals surface area (Å²) in [6.07, 6.45) is 10.4. The predicted molar refractivity (Wildman–Crippen MR) is 118 cm³/mol. The van der Waals surface area contributed by atoms with E-state index in [1.165, 1.54) is 63.0 Å². The highest BCUT2D eigenvalue weighted by molar-refractivity contribution is 5.91. The van der Waals surface area contributed by atoms with Gasteiger partial charge in [-0.05, 0) is 73.5 Å². The number of nitrogens with zero attached hydrogens (tertiary/aromatic N) is 1. The number of ether oxygens (including phenoxy) is 1. The summed E-state index contributed by atoms with van der Waals surface area (Å²) in [6.45, 7) is 2.28. The van der Waals surface area contributed by atoms with Crippen molar-refractivity contribution in [1.29, 1.82) is 5.26 Å². The van der Waals surface area contributed by atoms with Crippen LogP contribution in [-0.4, -0.2) is 5.97 Å². The van der Waals surface area contributed by atoms with Gasteiger partial charge in [0.05, 0.1) is 5.56 Å². The molecule has 0 radical (unpaired) electrons. The van der Waals surface area contributed by atoms with Gasteiger partial charge in [0.25, 0.3) is 0 Å². The first-order valence-corrected chi connectivity index (χ1v) is 11.7. The highest BCUT2D eigenvalue weighted by Crippen LogP contribution is 2.48. The number of nitriles is 1. The number of esters is 1. The van der Waals surface area contributed by atoms with Crippen molar-refractivity contribution < 1.29 is 18.3 Å². The Balaban J connectivity index is 1.37. The minimum Gasteiger partial charge on any atom is -0.423 e. The first-order chi connectivity index (χ1) is 15.5. The van der Waals surface area contributed by atoms with Crippen LogP contribution in [0.2, 0.25) is 0 Å². The number of halogens is 2. The molecule has 32 heavy (non-hydrogen) atoms. The molecule has 2 aliphatic carbocycles. The molecule has 2 saturated carbocycles. The number of fused-ring (bicyclic) bond motifs is 1. The fourth-order valence-corrected chi connectivity index (χ4v) is 5.73. The molecule has 3 nitrogen and oxygen atoms in total. The van der Waals surface area contributed by atoms with E-state index in [0.717, 1.165) is 29.9 Å². The number of hydrogen-bond acceptors (Lipinski definition) is 3. The fraction of sp³-hybridized carbons (Fsp3) is 0.481. The van der Waals surface area contributed by atoms with Gasteiger partial charge < -0.3 is 4.74 Å². The van der Waals surface area contributed by atoms with E-state index in [4.69, 9.17) is 10.00 Å². The third-order valence-electron chi connectivity index (χ3n) is 7.37. The van der Waals surface area contributed by atoms with Crippen LogP contribution in [0.15, 0.2) is 36.4 Å². The molecule has 2 aliphatic rings. The molecule has 168 valence electrons. The number of hydrogen-bond donors (Lipinski definition) is 0. The molecular weight excluding hydrogens is 408 g/mol. The number of carbonyl (C=O) groups is 1. The second kappa shape index (κ2) is 9.81.